The van der Waals surface area contributed by atoms with Crippen molar-refractivity contribution in [3.8, 4) is 0 Å². The zero-order valence-electron chi connectivity index (χ0n) is 13.0. The van der Waals surface area contributed by atoms with E-state index in [4.69, 9.17) is 0 Å². The lowest BCUT2D eigenvalue weighted by atomic mass is 10.1. The van der Waals surface area contributed by atoms with Crippen molar-refractivity contribution in [2.45, 2.75) is 31.8 Å². The molecule has 3 rings (SSSR count). The van der Waals surface area contributed by atoms with E-state index in [0.29, 0.717) is 5.91 Å². The van der Waals surface area contributed by atoms with Crippen LogP contribution in [0.3, 0.4) is 0 Å². The lowest BCUT2D eigenvalue weighted by Crippen LogP contribution is -2.52. The zero-order valence-corrected chi connectivity index (χ0v) is 13.0. The summed E-state index contributed by atoms with van der Waals surface area (Å²) in [5, 5.41) is 7.56. The van der Waals surface area contributed by atoms with Gasteiger partial charge in [-0.15, -0.1) is 0 Å². The fraction of sp³-hybridized carbons (Fsp3) is 0.733. The molecule has 2 unspecified atom stereocenters. The number of carbonyl (C=O) groups excluding carboxylic acids is 1. The second-order valence-electron chi connectivity index (χ2n) is 6.03. The molecule has 3 heterocycles. The van der Waals surface area contributed by atoms with E-state index in [9.17, 15) is 4.79 Å². The van der Waals surface area contributed by atoms with E-state index in [1.165, 1.54) is 5.69 Å². The van der Waals surface area contributed by atoms with Crippen molar-refractivity contribution in [3.63, 3.8) is 0 Å². The van der Waals surface area contributed by atoms with Gasteiger partial charge in [0.2, 0.25) is 5.91 Å². The summed E-state index contributed by atoms with van der Waals surface area (Å²) in [4.78, 5) is 17.2. The second-order valence-corrected chi connectivity index (χ2v) is 6.03. The van der Waals surface area contributed by atoms with Crippen LogP contribution in [0.5, 0.6) is 0 Å². The van der Waals surface area contributed by atoms with Gasteiger partial charge in [0.1, 0.15) is 0 Å². The molecule has 2 aliphatic heterocycles. The first kappa shape index (κ1) is 14.5. The lowest BCUT2D eigenvalue weighted by Gasteiger charge is -2.35. The first-order chi connectivity index (χ1) is 10.2. The number of amides is 1. The molecule has 21 heavy (non-hydrogen) atoms. The molecular weight excluding hydrogens is 266 g/mol. The molecule has 2 saturated heterocycles. The smallest absolute Gasteiger partial charge is 0.240 e. The van der Waals surface area contributed by atoms with Crippen molar-refractivity contribution in [2.75, 3.05) is 32.7 Å². The van der Waals surface area contributed by atoms with Crippen LogP contribution in [0.1, 0.15) is 31.5 Å². The first-order valence-corrected chi connectivity index (χ1v) is 7.91. The van der Waals surface area contributed by atoms with Crippen LogP contribution >= 0.6 is 0 Å². The summed E-state index contributed by atoms with van der Waals surface area (Å²) in [6.07, 6.45) is 3.91. The first-order valence-electron chi connectivity index (χ1n) is 7.91. The average Bonchev–Trinajstić information content (AvgIpc) is 3.15. The van der Waals surface area contributed by atoms with E-state index in [-0.39, 0.29) is 12.1 Å². The minimum Gasteiger partial charge on any atom is -0.339 e. The number of piperazine rings is 1. The maximum atomic E-state index is 12.8. The Morgan fingerprint density at radius 1 is 1.38 bits per heavy atom. The van der Waals surface area contributed by atoms with Gasteiger partial charge in [-0.1, -0.05) is 0 Å². The van der Waals surface area contributed by atoms with Gasteiger partial charge in [-0.05, 0) is 32.4 Å². The van der Waals surface area contributed by atoms with E-state index >= 15 is 0 Å². The van der Waals surface area contributed by atoms with E-state index in [2.05, 4.69) is 28.3 Å². The van der Waals surface area contributed by atoms with Gasteiger partial charge >= 0.3 is 0 Å². The van der Waals surface area contributed by atoms with Gasteiger partial charge in [0.05, 0.1) is 11.7 Å². The van der Waals surface area contributed by atoms with Crippen LogP contribution in [0.2, 0.25) is 0 Å². The Bertz CT molecular complexity index is 494. The Balaban J connectivity index is 1.72. The molecular formula is C15H25N5O. The Morgan fingerprint density at radius 3 is 2.81 bits per heavy atom. The Labute approximate surface area is 126 Å². The topological polar surface area (TPSA) is 53.4 Å². The summed E-state index contributed by atoms with van der Waals surface area (Å²) < 4.78 is 1.91. The van der Waals surface area contributed by atoms with Gasteiger partial charge in [-0.3, -0.25) is 14.4 Å². The third-order valence-electron chi connectivity index (χ3n) is 4.79. The van der Waals surface area contributed by atoms with Crippen LogP contribution < -0.4 is 5.32 Å². The minimum atomic E-state index is 0.0352. The molecule has 6 heteroatoms. The summed E-state index contributed by atoms with van der Waals surface area (Å²) in [5.74, 6) is 0.308. The van der Waals surface area contributed by atoms with Gasteiger partial charge in [0.25, 0.3) is 0 Å². The molecule has 116 valence electrons. The van der Waals surface area contributed by atoms with Crippen LogP contribution in [0.4, 0.5) is 0 Å². The van der Waals surface area contributed by atoms with Gasteiger partial charge in [0.15, 0.2) is 0 Å². The molecule has 1 amide bonds. The maximum absolute atomic E-state index is 12.8. The number of aromatic nitrogens is 2. The number of hydrogen-bond donors (Lipinski definition) is 1. The molecule has 0 spiro atoms. The van der Waals surface area contributed by atoms with Gasteiger partial charge in [-0.2, -0.15) is 5.10 Å². The second kappa shape index (κ2) is 6.15. The number of rotatable bonds is 3. The highest BCUT2D eigenvalue weighted by Gasteiger charge is 2.37. The predicted octanol–water partition coefficient (Wildman–Crippen LogP) is 0.377. The number of likely N-dealkylation sites (tertiary alicyclic amines) is 1. The van der Waals surface area contributed by atoms with Crippen molar-refractivity contribution < 1.29 is 4.79 Å². The van der Waals surface area contributed by atoms with Crippen LogP contribution in [0.25, 0.3) is 0 Å². The molecule has 6 nitrogen and oxygen atoms in total. The van der Waals surface area contributed by atoms with Gasteiger partial charge in [0, 0.05) is 45.5 Å². The summed E-state index contributed by atoms with van der Waals surface area (Å²) in [5.41, 5.74) is 1.18. The third-order valence-corrected chi connectivity index (χ3v) is 4.79. The summed E-state index contributed by atoms with van der Waals surface area (Å²) in [7, 11) is 1.97. The largest absolute Gasteiger partial charge is 0.339 e. The molecule has 0 aromatic carbocycles. The molecule has 1 aromatic rings. The number of carbonyl (C=O) groups is 1. The van der Waals surface area contributed by atoms with Crippen LogP contribution in [-0.4, -0.2) is 64.3 Å². The van der Waals surface area contributed by atoms with Crippen molar-refractivity contribution >= 4 is 5.91 Å². The van der Waals surface area contributed by atoms with Gasteiger partial charge < -0.3 is 10.2 Å². The minimum absolute atomic E-state index is 0.0352. The quantitative estimate of drug-likeness (QED) is 0.875. The molecule has 0 aliphatic carbocycles. The van der Waals surface area contributed by atoms with Crippen molar-refractivity contribution in [2.24, 2.45) is 7.05 Å². The number of aryl methyl sites for hydroxylation is 1. The normalized spacial score (nSPS) is 25.2. The number of hydrogen-bond acceptors (Lipinski definition) is 4. The highest BCUT2D eigenvalue weighted by molar-refractivity contribution is 5.82. The van der Waals surface area contributed by atoms with Crippen LogP contribution in [-0.2, 0) is 11.8 Å². The Kier molecular flexibility index (Phi) is 4.26. The summed E-state index contributed by atoms with van der Waals surface area (Å²) in [6, 6.07) is 2.32. The Morgan fingerprint density at radius 2 is 2.14 bits per heavy atom. The highest BCUT2D eigenvalue weighted by Crippen LogP contribution is 2.29. The lowest BCUT2D eigenvalue weighted by molar-refractivity contribution is -0.137. The van der Waals surface area contributed by atoms with Crippen molar-refractivity contribution in [1.82, 2.24) is 24.9 Å². The molecule has 1 aromatic heterocycles. The van der Waals surface area contributed by atoms with E-state index in [1.807, 2.05) is 22.8 Å². The van der Waals surface area contributed by atoms with E-state index in [0.717, 1.165) is 45.6 Å². The van der Waals surface area contributed by atoms with Crippen LogP contribution in [0.15, 0.2) is 12.3 Å². The zero-order chi connectivity index (χ0) is 14.8. The third kappa shape index (κ3) is 2.82. The molecule has 2 aliphatic rings. The average molecular weight is 291 g/mol. The molecule has 0 radical (unpaired) electrons. The van der Waals surface area contributed by atoms with E-state index < -0.39 is 0 Å². The monoisotopic (exact) mass is 291 g/mol. The van der Waals surface area contributed by atoms with E-state index in [1.54, 1.807) is 0 Å². The number of nitrogens with one attached hydrogen (secondary N) is 1. The molecule has 0 bridgehead atoms. The summed E-state index contributed by atoms with van der Waals surface area (Å²) in [6.45, 7) is 6.67. The van der Waals surface area contributed by atoms with Gasteiger partial charge in [-0.25, -0.2) is 0 Å². The molecule has 0 saturated carbocycles. The highest BCUT2D eigenvalue weighted by atomic mass is 16.2. The predicted molar refractivity (Wildman–Crippen MR) is 80.8 cm³/mol. The van der Waals surface area contributed by atoms with Crippen LogP contribution in [0, 0.1) is 0 Å². The van der Waals surface area contributed by atoms with Crippen molar-refractivity contribution in [3.05, 3.63) is 18.0 Å². The maximum Gasteiger partial charge on any atom is 0.240 e. The SMILES string of the molecule is CC(c1ccnn1C)N1CCCC1C(=O)N1CCNCC1. The number of nitrogens with zero attached hydrogens (tertiary/aromatic N) is 4. The Hall–Kier alpha value is -1.40. The molecule has 2 fully saturated rings. The summed E-state index contributed by atoms with van der Waals surface area (Å²) >= 11 is 0. The fourth-order valence-corrected chi connectivity index (χ4v) is 3.58. The fourth-order valence-electron chi connectivity index (χ4n) is 3.58. The molecule has 1 N–H and O–H groups in total. The van der Waals surface area contributed by atoms with Crippen molar-refractivity contribution in [1.29, 1.82) is 0 Å². The molecule has 2 atom stereocenters. The standard InChI is InChI=1S/C15H25N5O/c1-12(13-5-6-17-18(13)2)20-9-3-4-14(20)15(21)19-10-7-16-8-11-19/h5-6,12,14,16H,3-4,7-11H2,1-2H3.